The van der Waals surface area contributed by atoms with Gasteiger partial charge in [0.15, 0.2) is 0 Å². The minimum absolute atomic E-state index is 0.147. The lowest BCUT2D eigenvalue weighted by Gasteiger charge is -2.22. The highest BCUT2D eigenvalue weighted by atomic mass is 19.1. The maximum atomic E-state index is 14.2. The van der Waals surface area contributed by atoms with Gasteiger partial charge in [0.25, 0.3) is 0 Å². The highest BCUT2D eigenvalue weighted by Gasteiger charge is 2.37. The molecule has 1 unspecified atom stereocenters. The van der Waals surface area contributed by atoms with Crippen LogP contribution in [0.15, 0.2) is 18.2 Å². The van der Waals surface area contributed by atoms with Crippen molar-refractivity contribution in [2.24, 2.45) is 5.73 Å². The Labute approximate surface area is 135 Å². The van der Waals surface area contributed by atoms with Crippen LogP contribution in [0.5, 0.6) is 0 Å². The number of ether oxygens (including phenoxy) is 1. The molecule has 4 N–H and O–H groups in total. The van der Waals surface area contributed by atoms with E-state index in [0.717, 1.165) is 32.3 Å². The molecule has 1 saturated carbocycles. The lowest BCUT2D eigenvalue weighted by Crippen LogP contribution is -2.48. The second kappa shape index (κ2) is 6.84. The molecule has 1 aromatic carbocycles. The third-order valence-corrected chi connectivity index (χ3v) is 4.72. The Bertz CT molecular complexity index is 567. The molecule has 1 atom stereocenters. The predicted octanol–water partition coefficient (Wildman–Crippen LogP) is 2.63. The number of carbonyl (C=O) groups is 1. The first-order valence-corrected chi connectivity index (χ1v) is 8.32. The number of anilines is 2. The lowest BCUT2D eigenvalue weighted by atomic mass is 9.98. The summed E-state index contributed by atoms with van der Waals surface area (Å²) in [6.07, 6.45) is 5.50. The number of hydrogen-bond donors (Lipinski definition) is 3. The van der Waals surface area contributed by atoms with Crippen LogP contribution in [0.4, 0.5) is 15.8 Å². The molecule has 0 aromatic heterocycles. The molecular weight excluding hydrogens is 297 g/mol. The highest BCUT2D eigenvalue weighted by Crippen LogP contribution is 2.29. The van der Waals surface area contributed by atoms with E-state index in [1.54, 1.807) is 12.1 Å². The number of halogens is 1. The van der Waals surface area contributed by atoms with Gasteiger partial charge in [0, 0.05) is 18.8 Å². The van der Waals surface area contributed by atoms with Gasteiger partial charge >= 0.3 is 0 Å². The van der Waals surface area contributed by atoms with Gasteiger partial charge in [-0.15, -0.1) is 0 Å². The van der Waals surface area contributed by atoms with E-state index in [9.17, 15) is 9.18 Å². The summed E-state index contributed by atoms with van der Waals surface area (Å²) in [5.41, 5.74) is 6.15. The highest BCUT2D eigenvalue weighted by molar-refractivity contribution is 5.98. The second-order valence-corrected chi connectivity index (χ2v) is 6.53. The molecule has 1 amide bonds. The van der Waals surface area contributed by atoms with Crippen LogP contribution < -0.4 is 16.4 Å². The van der Waals surface area contributed by atoms with E-state index in [-0.39, 0.29) is 12.0 Å². The summed E-state index contributed by atoms with van der Waals surface area (Å²) in [6.45, 7) is 1.37. The SMILES string of the molecule is NC1(C(=O)Nc2ccc(NCC3CCCO3)c(F)c2)CCCC1. The standard InChI is InChI=1S/C17H24FN3O2/c18-14-10-12(21-16(22)17(19)7-1-2-8-17)5-6-15(14)20-11-13-4-3-9-23-13/h5-6,10,13,20H,1-4,7-9,11,19H2,(H,21,22). The van der Waals surface area contributed by atoms with Crippen LogP contribution in [-0.4, -0.2) is 30.7 Å². The number of rotatable bonds is 5. The number of hydrogen-bond acceptors (Lipinski definition) is 4. The number of benzene rings is 1. The van der Waals surface area contributed by atoms with Crippen molar-refractivity contribution in [1.82, 2.24) is 0 Å². The molecule has 5 nitrogen and oxygen atoms in total. The fourth-order valence-electron chi connectivity index (χ4n) is 3.25. The molecule has 1 aromatic rings. The maximum absolute atomic E-state index is 14.2. The Morgan fingerprint density at radius 1 is 1.35 bits per heavy atom. The first kappa shape index (κ1) is 16.2. The molecule has 2 fully saturated rings. The van der Waals surface area contributed by atoms with Gasteiger partial charge in [0.1, 0.15) is 5.82 Å². The molecule has 1 saturated heterocycles. The zero-order valence-electron chi connectivity index (χ0n) is 13.2. The molecule has 1 aliphatic heterocycles. The molecule has 1 aliphatic carbocycles. The molecule has 0 radical (unpaired) electrons. The Morgan fingerprint density at radius 3 is 2.78 bits per heavy atom. The van der Waals surface area contributed by atoms with E-state index in [2.05, 4.69) is 10.6 Å². The van der Waals surface area contributed by atoms with E-state index < -0.39 is 11.4 Å². The first-order chi connectivity index (χ1) is 11.1. The van der Waals surface area contributed by atoms with Crippen LogP contribution >= 0.6 is 0 Å². The zero-order chi connectivity index (χ0) is 16.3. The van der Waals surface area contributed by atoms with Gasteiger partial charge < -0.3 is 21.1 Å². The topological polar surface area (TPSA) is 76.4 Å². The predicted molar refractivity (Wildman–Crippen MR) is 87.9 cm³/mol. The molecule has 1 heterocycles. The van der Waals surface area contributed by atoms with Crippen molar-refractivity contribution >= 4 is 17.3 Å². The normalized spacial score (nSPS) is 23.0. The maximum Gasteiger partial charge on any atom is 0.244 e. The molecule has 3 rings (SSSR count). The summed E-state index contributed by atoms with van der Waals surface area (Å²) < 4.78 is 19.7. The summed E-state index contributed by atoms with van der Waals surface area (Å²) >= 11 is 0. The average molecular weight is 321 g/mol. The summed E-state index contributed by atoms with van der Waals surface area (Å²) in [4.78, 5) is 12.2. The van der Waals surface area contributed by atoms with E-state index in [0.29, 0.717) is 30.8 Å². The molecular formula is C17H24FN3O2. The summed E-state index contributed by atoms with van der Waals surface area (Å²) in [5.74, 6) is -0.618. The van der Waals surface area contributed by atoms with Gasteiger partial charge in [0.05, 0.1) is 17.3 Å². The third-order valence-electron chi connectivity index (χ3n) is 4.72. The van der Waals surface area contributed by atoms with E-state index in [1.165, 1.54) is 6.07 Å². The van der Waals surface area contributed by atoms with Gasteiger partial charge in [-0.3, -0.25) is 4.79 Å². The van der Waals surface area contributed by atoms with Crippen molar-refractivity contribution in [3.63, 3.8) is 0 Å². The van der Waals surface area contributed by atoms with E-state index in [4.69, 9.17) is 10.5 Å². The summed E-state index contributed by atoms with van der Waals surface area (Å²) in [5, 5.41) is 5.79. The van der Waals surface area contributed by atoms with Crippen molar-refractivity contribution in [3.8, 4) is 0 Å². The van der Waals surface area contributed by atoms with Crippen molar-refractivity contribution in [3.05, 3.63) is 24.0 Å². The van der Waals surface area contributed by atoms with Gasteiger partial charge in [0.2, 0.25) is 5.91 Å². The fraction of sp³-hybridized carbons (Fsp3) is 0.588. The van der Waals surface area contributed by atoms with Crippen LogP contribution in [0.1, 0.15) is 38.5 Å². The number of carbonyl (C=O) groups excluding carboxylic acids is 1. The number of amides is 1. The minimum atomic E-state index is -0.812. The molecule has 6 heteroatoms. The van der Waals surface area contributed by atoms with Gasteiger partial charge in [-0.25, -0.2) is 4.39 Å². The zero-order valence-corrected chi connectivity index (χ0v) is 13.2. The van der Waals surface area contributed by atoms with Crippen LogP contribution in [0.25, 0.3) is 0 Å². The van der Waals surface area contributed by atoms with Crippen LogP contribution in [0, 0.1) is 5.82 Å². The van der Waals surface area contributed by atoms with Crippen LogP contribution in [-0.2, 0) is 9.53 Å². The van der Waals surface area contributed by atoms with Crippen molar-refractivity contribution in [2.75, 3.05) is 23.8 Å². The van der Waals surface area contributed by atoms with Crippen molar-refractivity contribution in [2.45, 2.75) is 50.2 Å². The first-order valence-electron chi connectivity index (χ1n) is 8.32. The van der Waals surface area contributed by atoms with Crippen molar-refractivity contribution in [1.29, 1.82) is 0 Å². The second-order valence-electron chi connectivity index (χ2n) is 6.53. The Kier molecular flexibility index (Phi) is 4.82. The van der Waals surface area contributed by atoms with Crippen LogP contribution in [0.2, 0.25) is 0 Å². The number of nitrogens with two attached hydrogens (primary N) is 1. The van der Waals surface area contributed by atoms with E-state index >= 15 is 0 Å². The Balaban J connectivity index is 1.58. The van der Waals surface area contributed by atoms with Gasteiger partial charge in [-0.1, -0.05) is 12.8 Å². The van der Waals surface area contributed by atoms with Gasteiger partial charge in [-0.05, 0) is 43.9 Å². The monoisotopic (exact) mass is 321 g/mol. The summed E-state index contributed by atoms with van der Waals surface area (Å²) in [6, 6.07) is 4.66. The van der Waals surface area contributed by atoms with Crippen LogP contribution in [0.3, 0.4) is 0 Å². The molecule has 126 valence electrons. The Morgan fingerprint density at radius 2 is 2.13 bits per heavy atom. The number of nitrogens with one attached hydrogen (secondary N) is 2. The van der Waals surface area contributed by atoms with E-state index in [1.807, 2.05) is 0 Å². The Hall–Kier alpha value is -1.66. The minimum Gasteiger partial charge on any atom is -0.380 e. The smallest absolute Gasteiger partial charge is 0.244 e. The lowest BCUT2D eigenvalue weighted by molar-refractivity contribution is -0.121. The quantitative estimate of drug-likeness (QED) is 0.779. The largest absolute Gasteiger partial charge is 0.380 e. The summed E-state index contributed by atoms with van der Waals surface area (Å²) in [7, 11) is 0. The molecule has 23 heavy (non-hydrogen) atoms. The molecule has 0 spiro atoms. The average Bonchev–Trinajstić information content (AvgIpc) is 3.18. The van der Waals surface area contributed by atoms with Gasteiger partial charge in [-0.2, -0.15) is 0 Å². The molecule has 2 aliphatic rings. The third kappa shape index (κ3) is 3.82. The fourth-order valence-corrected chi connectivity index (χ4v) is 3.25. The molecule has 0 bridgehead atoms. The van der Waals surface area contributed by atoms with Crippen molar-refractivity contribution < 1.29 is 13.9 Å².